The Morgan fingerprint density at radius 2 is 2.06 bits per heavy atom. The maximum atomic E-state index is 12.2. The fourth-order valence-corrected chi connectivity index (χ4v) is 2.45. The Morgan fingerprint density at radius 3 is 2.65 bits per heavy atom. The molecule has 1 N–H and O–H groups in total. The molecule has 4 heteroatoms. The minimum Gasteiger partial charge on any atom is -0.340 e. The van der Waals surface area contributed by atoms with E-state index >= 15 is 0 Å². The van der Waals surface area contributed by atoms with Crippen LogP contribution in [-0.2, 0) is 11.2 Å². The normalized spacial score (nSPS) is 21.6. The number of nitrogens with zero attached hydrogens (tertiary/aromatic N) is 1. The first-order valence-electron chi connectivity index (χ1n) is 5.82. The van der Waals surface area contributed by atoms with Crippen molar-refractivity contribution >= 4 is 18.3 Å². The molecule has 1 aliphatic heterocycles. The van der Waals surface area contributed by atoms with Crippen LogP contribution in [0.4, 0.5) is 0 Å². The predicted molar refractivity (Wildman–Crippen MR) is 69.6 cm³/mol. The Bertz CT molecular complexity index is 431. The summed E-state index contributed by atoms with van der Waals surface area (Å²) in [6.07, 6.45) is 0.916. The molecular weight excluding hydrogens is 236 g/mol. The molecule has 1 fully saturated rings. The van der Waals surface area contributed by atoms with Crippen LogP contribution in [0.15, 0.2) is 24.3 Å². The zero-order valence-corrected chi connectivity index (χ0v) is 10.7. The number of carbonyl (C=O) groups excluding carboxylic acids is 1. The van der Waals surface area contributed by atoms with Crippen LogP contribution in [-0.4, -0.2) is 37.0 Å². The van der Waals surface area contributed by atoms with Crippen LogP contribution in [0.3, 0.4) is 0 Å². The highest BCUT2D eigenvalue weighted by atomic mass is 35.5. The maximum Gasteiger partial charge on any atom is 0.230 e. The lowest BCUT2D eigenvalue weighted by atomic mass is 9.76. The second kappa shape index (κ2) is 4.67. The van der Waals surface area contributed by atoms with Gasteiger partial charge in [0.15, 0.2) is 0 Å². The molecule has 1 heterocycles. The molecule has 1 unspecified atom stereocenters. The fraction of sp³-hybridized carbons (Fsp3) is 0.462. The fourth-order valence-electron chi connectivity index (χ4n) is 2.45. The number of fused-ring (bicyclic) bond motifs is 1. The van der Waals surface area contributed by atoms with Crippen molar-refractivity contribution in [2.75, 3.05) is 20.1 Å². The van der Waals surface area contributed by atoms with E-state index in [1.165, 1.54) is 11.1 Å². The van der Waals surface area contributed by atoms with Gasteiger partial charge in [-0.05, 0) is 17.5 Å². The molecule has 1 aromatic rings. The van der Waals surface area contributed by atoms with Crippen molar-refractivity contribution in [1.82, 2.24) is 10.2 Å². The Balaban J connectivity index is 0.00000108. The van der Waals surface area contributed by atoms with Gasteiger partial charge in [0.05, 0.1) is 12.0 Å². The second-order valence-corrected chi connectivity index (χ2v) is 4.72. The molecule has 3 nitrogen and oxygen atoms in total. The molecule has 0 radical (unpaired) electrons. The minimum absolute atomic E-state index is 0. The van der Waals surface area contributed by atoms with Crippen molar-refractivity contribution in [2.45, 2.75) is 18.4 Å². The topological polar surface area (TPSA) is 32.3 Å². The van der Waals surface area contributed by atoms with Gasteiger partial charge in [0.25, 0.3) is 0 Å². The molecule has 3 rings (SSSR count). The second-order valence-electron chi connectivity index (χ2n) is 4.72. The van der Waals surface area contributed by atoms with Crippen LogP contribution in [0.2, 0.25) is 0 Å². The number of rotatable bonds is 2. The average molecular weight is 253 g/mol. The summed E-state index contributed by atoms with van der Waals surface area (Å²) in [4.78, 5) is 14.1. The molecule has 0 spiro atoms. The van der Waals surface area contributed by atoms with Gasteiger partial charge in [-0.15, -0.1) is 12.4 Å². The first-order chi connectivity index (χ1) is 7.77. The van der Waals surface area contributed by atoms with E-state index in [-0.39, 0.29) is 24.2 Å². The molecule has 1 saturated heterocycles. The lowest BCUT2D eigenvalue weighted by Gasteiger charge is -2.40. The molecule has 0 saturated carbocycles. The van der Waals surface area contributed by atoms with Crippen molar-refractivity contribution in [1.29, 1.82) is 0 Å². The Morgan fingerprint density at radius 1 is 1.35 bits per heavy atom. The summed E-state index contributed by atoms with van der Waals surface area (Å²) in [7, 11) is 1.93. The van der Waals surface area contributed by atoms with Gasteiger partial charge in [-0.1, -0.05) is 24.3 Å². The zero-order valence-electron chi connectivity index (χ0n) is 9.85. The summed E-state index contributed by atoms with van der Waals surface area (Å²) in [5.74, 6) is 0.395. The quantitative estimate of drug-likeness (QED) is 0.857. The van der Waals surface area contributed by atoms with Crippen molar-refractivity contribution in [3.63, 3.8) is 0 Å². The lowest BCUT2D eigenvalue weighted by molar-refractivity contribution is -0.135. The van der Waals surface area contributed by atoms with Gasteiger partial charge in [-0.25, -0.2) is 0 Å². The van der Waals surface area contributed by atoms with Crippen molar-refractivity contribution < 1.29 is 4.79 Å². The number of benzene rings is 1. The summed E-state index contributed by atoms with van der Waals surface area (Å²) >= 11 is 0. The zero-order chi connectivity index (χ0) is 11.1. The first-order valence-corrected chi connectivity index (χ1v) is 5.82. The maximum absolute atomic E-state index is 12.2. The molecule has 0 bridgehead atoms. The van der Waals surface area contributed by atoms with Gasteiger partial charge in [-0.3, -0.25) is 4.79 Å². The van der Waals surface area contributed by atoms with Gasteiger partial charge >= 0.3 is 0 Å². The highest BCUT2D eigenvalue weighted by Gasteiger charge is 2.36. The number of halogens is 1. The van der Waals surface area contributed by atoms with Gasteiger partial charge < -0.3 is 10.2 Å². The number of carbonyl (C=O) groups is 1. The summed E-state index contributed by atoms with van der Waals surface area (Å²) in [5, 5.41) is 3.20. The number of likely N-dealkylation sites (N-methyl/N-ethyl adjacent to an activating group) is 1. The summed E-state index contributed by atoms with van der Waals surface area (Å²) < 4.78 is 0. The SMILES string of the molecule is CN(C(=O)C1Cc2ccccc21)C1CNC1.Cl. The van der Waals surface area contributed by atoms with Gasteiger partial charge in [0.2, 0.25) is 5.91 Å². The summed E-state index contributed by atoms with van der Waals surface area (Å²) in [6.45, 7) is 1.88. The minimum atomic E-state index is 0. The third kappa shape index (κ3) is 1.94. The third-order valence-corrected chi connectivity index (χ3v) is 3.81. The van der Waals surface area contributed by atoms with E-state index in [9.17, 15) is 4.79 Å². The standard InChI is InChI=1S/C13H16N2O.ClH/c1-15(10-7-14-8-10)13(16)12-6-9-4-2-3-5-11(9)12;/h2-5,10,12,14H,6-8H2,1H3;1H. The predicted octanol–water partition coefficient (Wildman–Crippen LogP) is 1.18. The summed E-state index contributed by atoms with van der Waals surface area (Å²) in [5.41, 5.74) is 2.56. The smallest absolute Gasteiger partial charge is 0.230 e. The molecule has 1 aromatic carbocycles. The van der Waals surface area contributed by atoms with Crippen LogP contribution < -0.4 is 5.32 Å². The van der Waals surface area contributed by atoms with Crippen LogP contribution in [0, 0.1) is 0 Å². The highest BCUT2D eigenvalue weighted by Crippen LogP contribution is 2.36. The van der Waals surface area contributed by atoms with Gasteiger partial charge in [0, 0.05) is 20.1 Å². The molecule has 0 aromatic heterocycles. The number of amides is 1. The van der Waals surface area contributed by atoms with Crippen LogP contribution >= 0.6 is 12.4 Å². The number of hydrogen-bond donors (Lipinski definition) is 1. The number of hydrogen-bond acceptors (Lipinski definition) is 2. The van der Waals surface area contributed by atoms with Crippen molar-refractivity contribution in [3.8, 4) is 0 Å². The van der Waals surface area contributed by atoms with Crippen molar-refractivity contribution in [2.24, 2.45) is 0 Å². The molecule has 1 atom stereocenters. The molecule has 1 amide bonds. The molecule has 92 valence electrons. The van der Waals surface area contributed by atoms with Crippen molar-refractivity contribution in [3.05, 3.63) is 35.4 Å². The third-order valence-electron chi connectivity index (χ3n) is 3.81. The monoisotopic (exact) mass is 252 g/mol. The van der Waals surface area contributed by atoms with E-state index in [0.717, 1.165) is 19.5 Å². The van der Waals surface area contributed by atoms with E-state index < -0.39 is 0 Å². The summed E-state index contributed by atoms with van der Waals surface area (Å²) in [6, 6.07) is 8.65. The Kier molecular flexibility index (Phi) is 3.40. The number of nitrogens with one attached hydrogen (secondary N) is 1. The molecule has 1 aliphatic carbocycles. The van der Waals surface area contributed by atoms with E-state index in [4.69, 9.17) is 0 Å². The van der Waals surface area contributed by atoms with Crippen LogP contribution in [0.5, 0.6) is 0 Å². The van der Waals surface area contributed by atoms with E-state index in [1.807, 2.05) is 24.1 Å². The lowest BCUT2D eigenvalue weighted by Crippen LogP contribution is -2.58. The molecule has 2 aliphatic rings. The largest absolute Gasteiger partial charge is 0.340 e. The van der Waals surface area contributed by atoms with E-state index in [1.54, 1.807) is 0 Å². The Hall–Kier alpha value is -1.06. The van der Waals surface area contributed by atoms with E-state index in [0.29, 0.717) is 6.04 Å². The van der Waals surface area contributed by atoms with Crippen LogP contribution in [0.25, 0.3) is 0 Å². The molecular formula is C13H17ClN2O. The van der Waals surface area contributed by atoms with Crippen LogP contribution in [0.1, 0.15) is 17.0 Å². The highest BCUT2D eigenvalue weighted by molar-refractivity contribution is 5.87. The first kappa shape index (κ1) is 12.4. The van der Waals surface area contributed by atoms with Gasteiger partial charge in [-0.2, -0.15) is 0 Å². The van der Waals surface area contributed by atoms with Gasteiger partial charge in [0.1, 0.15) is 0 Å². The average Bonchev–Trinajstić information content (AvgIpc) is 2.17. The Labute approximate surface area is 108 Å². The molecule has 17 heavy (non-hydrogen) atoms. The van der Waals surface area contributed by atoms with E-state index in [2.05, 4.69) is 17.4 Å².